The fraction of sp³-hybridized carbons (Fsp3) is 0.120. The van der Waals surface area contributed by atoms with Crippen LogP contribution in [0.1, 0.15) is 21.7 Å². The predicted molar refractivity (Wildman–Crippen MR) is 128 cm³/mol. The minimum Gasteiger partial charge on any atom is -0.348 e. The molecule has 0 aliphatic carbocycles. The predicted octanol–water partition coefficient (Wildman–Crippen LogP) is 3.94. The number of nitrogens with one attached hydrogen (secondary N) is 1. The van der Waals surface area contributed by atoms with Gasteiger partial charge in [-0.15, -0.1) is 0 Å². The molecule has 4 aromatic rings. The number of hydrogen-bond acceptors (Lipinski definition) is 4. The second kappa shape index (κ2) is 9.30. The summed E-state index contributed by atoms with van der Waals surface area (Å²) in [4.78, 5) is 17.2. The van der Waals surface area contributed by atoms with Gasteiger partial charge in [-0.25, -0.2) is 13.4 Å². The Morgan fingerprint density at radius 1 is 0.970 bits per heavy atom. The molecule has 1 amide bonds. The molecule has 1 N–H and O–H groups in total. The van der Waals surface area contributed by atoms with Crippen molar-refractivity contribution in [2.75, 3.05) is 11.4 Å². The Balaban J connectivity index is 1.46. The van der Waals surface area contributed by atoms with Crippen molar-refractivity contribution in [3.8, 4) is 5.69 Å². The number of carbonyl (C=O) groups excluding carboxylic acids is 1. The van der Waals surface area contributed by atoms with Gasteiger partial charge in [0.15, 0.2) is 0 Å². The fourth-order valence-electron chi connectivity index (χ4n) is 3.52. The average molecular weight is 461 g/mol. The van der Waals surface area contributed by atoms with E-state index in [2.05, 4.69) is 10.3 Å². The number of carbonyl (C=O) groups is 1. The van der Waals surface area contributed by atoms with Crippen molar-refractivity contribution in [3.63, 3.8) is 0 Å². The van der Waals surface area contributed by atoms with Gasteiger partial charge in [0.05, 0.1) is 16.3 Å². The number of rotatable bonds is 7. The normalized spacial score (nSPS) is 11.2. The molecule has 168 valence electrons. The molecule has 0 fully saturated rings. The van der Waals surface area contributed by atoms with E-state index in [4.69, 9.17) is 0 Å². The average Bonchev–Trinajstić information content (AvgIpc) is 3.28. The van der Waals surface area contributed by atoms with E-state index >= 15 is 0 Å². The topological polar surface area (TPSA) is 84.3 Å². The van der Waals surface area contributed by atoms with Crippen LogP contribution in [0.25, 0.3) is 5.69 Å². The third-order valence-electron chi connectivity index (χ3n) is 5.41. The Kier molecular flexibility index (Phi) is 6.28. The summed E-state index contributed by atoms with van der Waals surface area (Å²) in [6.07, 6.45) is 3.62. The highest BCUT2D eigenvalue weighted by atomic mass is 32.2. The molecule has 4 rings (SSSR count). The van der Waals surface area contributed by atoms with Gasteiger partial charge in [-0.2, -0.15) is 0 Å². The lowest BCUT2D eigenvalue weighted by Gasteiger charge is -2.19. The van der Waals surface area contributed by atoms with Gasteiger partial charge in [0.25, 0.3) is 15.9 Å². The van der Waals surface area contributed by atoms with E-state index in [0.29, 0.717) is 17.8 Å². The van der Waals surface area contributed by atoms with Crippen molar-refractivity contribution in [2.45, 2.75) is 18.4 Å². The first-order valence-corrected chi connectivity index (χ1v) is 11.8. The van der Waals surface area contributed by atoms with E-state index in [1.807, 2.05) is 42.0 Å². The zero-order valence-corrected chi connectivity index (χ0v) is 19.2. The molecule has 0 unspecified atom stereocenters. The molecule has 7 nitrogen and oxygen atoms in total. The highest BCUT2D eigenvalue weighted by molar-refractivity contribution is 7.92. The van der Waals surface area contributed by atoms with Crippen LogP contribution in [-0.4, -0.2) is 30.9 Å². The van der Waals surface area contributed by atoms with Crippen LogP contribution in [-0.2, 0) is 16.6 Å². The number of benzene rings is 3. The molecular formula is C25H24N4O3S. The van der Waals surface area contributed by atoms with Crippen LogP contribution in [0, 0.1) is 6.92 Å². The van der Waals surface area contributed by atoms with Crippen LogP contribution in [0.3, 0.4) is 0 Å². The van der Waals surface area contributed by atoms with Crippen molar-refractivity contribution in [3.05, 3.63) is 108 Å². The van der Waals surface area contributed by atoms with Gasteiger partial charge in [-0.05, 0) is 55.0 Å². The Morgan fingerprint density at radius 2 is 1.64 bits per heavy atom. The summed E-state index contributed by atoms with van der Waals surface area (Å²) in [5, 5.41) is 2.94. The van der Waals surface area contributed by atoms with Crippen LogP contribution in [0.4, 0.5) is 5.69 Å². The summed E-state index contributed by atoms with van der Waals surface area (Å²) in [7, 11) is -2.18. The molecule has 0 saturated heterocycles. The van der Waals surface area contributed by atoms with Crippen molar-refractivity contribution < 1.29 is 13.2 Å². The minimum absolute atomic E-state index is 0.209. The smallest absolute Gasteiger partial charge is 0.264 e. The van der Waals surface area contributed by atoms with Gasteiger partial charge < -0.3 is 9.88 Å². The van der Waals surface area contributed by atoms with E-state index in [1.165, 1.54) is 11.4 Å². The lowest BCUT2D eigenvalue weighted by atomic mass is 10.1. The van der Waals surface area contributed by atoms with Gasteiger partial charge in [0.2, 0.25) is 0 Å². The third kappa shape index (κ3) is 4.65. The maximum absolute atomic E-state index is 12.8. The van der Waals surface area contributed by atoms with Crippen LogP contribution in [0.5, 0.6) is 0 Å². The first kappa shape index (κ1) is 22.3. The van der Waals surface area contributed by atoms with E-state index < -0.39 is 10.0 Å². The standard InChI is InChI=1S/C25H24N4O3S/c1-19-26-16-17-29(19)24-11-7-6-8-21(24)18-27-25(30)20-12-14-22(15-13-20)28(2)33(31,32)23-9-4-3-5-10-23/h3-17H,18H2,1-2H3,(H,27,30). The Hall–Kier alpha value is -3.91. The van der Waals surface area contributed by atoms with E-state index in [-0.39, 0.29) is 10.8 Å². The zero-order chi connectivity index (χ0) is 23.4. The van der Waals surface area contributed by atoms with Gasteiger partial charge in [-0.1, -0.05) is 36.4 Å². The monoisotopic (exact) mass is 460 g/mol. The molecule has 8 heteroatoms. The van der Waals surface area contributed by atoms with E-state index in [1.54, 1.807) is 60.8 Å². The number of amides is 1. The third-order valence-corrected chi connectivity index (χ3v) is 7.21. The maximum Gasteiger partial charge on any atom is 0.264 e. The summed E-state index contributed by atoms with van der Waals surface area (Å²) >= 11 is 0. The van der Waals surface area contributed by atoms with Gasteiger partial charge in [0.1, 0.15) is 5.82 Å². The van der Waals surface area contributed by atoms with Crippen LogP contribution >= 0.6 is 0 Å². The Morgan fingerprint density at radius 3 is 2.30 bits per heavy atom. The number of aryl methyl sites for hydroxylation is 1. The molecule has 3 aromatic carbocycles. The van der Waals surface area contributed by atoms with Crippen molar-refractivity contribution in [2.24, 2.45) is 0 Å². The number of para-hydroxylation sites is 1. The second-order valence-electron chi connectivity index (χ2n) is 7.49. The number of anilines is 1. The molecule has 0 radical (unpaired) electrons. The number of sulfonamides is 1. The van der Waals surface area contributed by atoms with Crippen LogP contribution in [0.15, 0.2) is 96.2 Å². The minimum atomic E-state index is -3.68. The SMILES string of the molecule is Cc1nccn1-c1ccccc1CNC(=O)c1ccc(N(C)S(=O)(=O)c2ccccc2)cc1. The number of nitrogens with zero attached hydrogens (tertiary/aromatic N) is 3. The molecule has 0 aliphatic heterocycles. The summed E-state index contributed by atoms with van der Waals surface area (Å²) < 4.78 is 28.8. The van der Waals surface area contributed by atoms with Gasteiger partial charge in [0, 0.05) is 31.5 Å². The second-order valence-corrected chi connectivity index (χ2v) is 9.46. The number of imidazole rings is 1. The lowest BCUT2D eigenvalue weighted by Crippen LogP contribution is -2.27. The highest BCUT2D eigenvalue weighted by Gasteiger charge is 2.21. The molecular weight excluding hydrogens is 436 g/mol. The molecule has 33 heavy (non-hydrogen) atoms. The summed E-state index contributed by atoms with van der Waals surface area (Å²) in [6.45, 7) is 2.27. The quantitative estimate of drug-likeness (QED) is 0.453. The fourth-order valence-corrected chi connectivity index (χ4v) is 4.73. The molecule has 0 atom stereocenters. The molecule has 1 heterocycles. The number of hydrogen-bond donors (Lipinski definition) is 1. The molecule has 0 bridgehead atoms. The van der Waals surface area contributed by atoms with E-state index in [0.717, 1.165) is 17.1 Å². The van der Waals surface area contributed by atoms with Crippen molar-refractivity contribution in [1.82, 2.24) is 14.9 Å². The molecule has 0 saturated carbocycles. The summed E-state index contributed by atoms with van der Waals surface area (Å²) in [6, 6.07) is 22.5. The lowest BCUT2D eigenvalue weighted by molar-refractivity contribution is 0.0951. The van der Waals surface area contributed by atoms with Gasteiger partial charge in [-0.3, -0.25) is 9.10 Å². The summed E-state index contributed by atoms with van der Waals surface area (Å²) in [5.74, 6) is 0.617. The van der Waals surface area contributed by atoms with E-state index in [9.17, 15) is 13.2 Å². The first-order chi connectivity index (χ1) is 15.9. The molecule has 1 aromatic heterocycles. The Bertz CT molecular complexity index is 1360. The highest BCUT2D eigenvalue weighted by Crippen LogP contribution is 2.22. The maximum atomic E-state index is 12.8. The molecule has 0 aliphatic rings. The zero-order valence-electron chi connectivity index (χ0n) is 18.3. The van der Waals surface area contributed by atoms with Crippen molar-refractivity contribution >= 4 is 21.6 Å². The largest absolute Gasteiger partial charge is 0.348 e. The van der Waals surface area contributed by atoms with Gasteiger partial charge >= 0.3 is 0 Å². The van der Waals surface area contributed by atoms with Crippen LogP contribution < -0.4 is 9.62 Å². The van der Waals surface area contributed by atoms with Crippen molar-refractivity contribution in [1.29, 1.82) is 0 Å². The summed E-state index contributed by atoms with van der Waals surface area (Å²) in [5.41, 5.74) is 2.82. The number of aromatic nitrogens is 2. The molecule has 0 spiro atoms. The first-order valence-electron chi connectivity index (χ1n) is 10.4. The van der Waals surface area contributed by atoms with Crippen LogP contribution in [0.2, 0.25) is 0 Å². The Labute approximate surface area is 193 Å².